The number of hydrogen-bond donors (Lipinski definition) is 3. The number of hydrogen-bond acceptors (Lipinski definition) is 7. The predicted molar refractivity (Wildman–Crippen MR) is 176 cm³/mol. The molecule has 3 aromatic rings. The maximum atomic E-state index is 12.7. The minimum absolute atomic E-state index is 0.0114. The second kappa shape index (κ2) is 17.2. The molecule has 0 unspecified atom stereocenters. The first kappa shape index (κ1) is 33.6. The summed E-state index contributed by atoms with van der Waals surface area (Å²) in [4.78, 5) is 27.6. The molecule has 3 N–H and O–H groups in total. The third-order valence-corrected chi connectivity index (χ3v) is 8.80. The number of carbonyl (C=O) groups excluding carboxylic acids is 2. The molecule has 9 nitrogen and oxygen atoms in total. The molecule has 2 saturated heterocycles. The molecule has 46 heavy (non-hydrogen) atoms. The second-order valence-corrected chi connectivity index (χ2v) is 12.3. The number of urea groups is 1. The van der Waals surface area contributed by atoms with Crippen molar-refractivity contribution in [3.05, 3.63) is 107 Å². The molecule has 5 rings (SSSR count). The van der Waals surface area contributed by atoms with Gasteiger partial charge in [-0.1, -0.05) is 98.1 Å². The zero-order chi connectivity index (χ0) is 32.1. The number of nitrogens with one attached hydrogen (secondary N) is 2. The van der Waals surface area contributed by atoms with Crippen molar-refractivity contribution in [1.29, 1.82) is 0 Å². The maximum absolute atomic E-state index is 12.7. The van der Waals surface area contributed by atoms with Crippen LogP contribution in [0.15, 0.2) is 78.9 Å². The quantitative estimate of drug-likeness (QED) is 0.238. The van der Waals surface area contributed by atoms with E-state index in [-0.39, 0.29) is 25.4 Å². The maximum Gasteiger partial charge on any atom is 0.328 e. The molecular weight excluding hydrogens is 582 g/mol. The first-order valence-electron chi connectivity index (χ1n) is 16.5. The highest BCUT2D eigenvalue weighted by Gasteiger charge is 2.33. The first-order chi connectivity index (χ1) is 22.5. The molecule has 0 radical (unpaired) electrons. The number of benzene rings is 3. The number of methoxy groups -OCH3 is 1. The Bertz CT molecular complexity index is 1360. The summed E-state index contributed by atoms with van der Waals surface area (Å²) < 4.78 is 18.0. The highest BCUT2D eigenvalue weighted by Crippen LogP contribution is 2.38. The van der Waals surface area contributed by atoms with Crippen molar-refractivity contribution in [1.82, 2.24) is 15.5 Å². The molecule has 4 atom stereocenters. The largest absolute Gasteiger partial charge is 0.467 e. The van der Waals surface area contributed by atoms with Crippen molar-refractivity contribution in [2.45, 2.75) is 82.6 Å². The van der Waals surface area contributed by atoms with Gasteiger partial charge in [-0.3, -0.25) is 0 Å². The molecule has 2 heterocycles. The van der Waals surface area contributed by atoms with Gasteiger partial charge in [0.15, 0.2) is 6.29 Å². The monoisotopic (exact) mass is 629 g/mol. The number of carbonyl (C=O) groups is 2. The van der Waals surface area contributed by atoms with Gasteiger partial charge in [0.1, 0.15) is 6.04 Å². The summed E-state index contributed by atoms with van der Waals surface area (Å²) in [5, 5.41) is 15.1. The molecule has 0 spiro atoms. The Labute approximate surface area is 272 Å². The van der Waals surface area contributed by atoms with Crippen LogP contribution in [0.4, 0.5) is 4.79 Å². The van der Waals surface area contributed by atoms with Crippen LogP contribution >= 0.6 is 0 Å². The normalized spacial score (nSPS) is 21.4. The summed E-state index contributed by atoms with van der Waals surface area (Å²) in [6, 6.07) is 24.1. The molecule has 2 aliphatic heterocycles. The second-order valence-electron chi connectivity index (χ2n) is 12.3. The Morgan fingerprint density at radius 3 is 2.17 bits per heavy atom. The van der Waals surface area contributed by atoms with E-state index in [4.69, 9.17) is 14.2 Å². The SMILES string of the molecule is COC(=O)[C@H](Cc1ccccc1)NC(=O)NCc1ccc([C@@H]2O[C@H](CN3CCCCCCC3)C[C@H](c3ccc(CO)cc3)O2)cc1. The van der Waals surface area contributed by atoms with Crippen LogP contribution in [0.1, 0.15) is 78.7 Å². The smallest absolute Gasteiger partial charge is 0.328 e. The van der Waals surface area contributed by atoms with Gasteiger partial charge < -0.3 is 34.9 Å². The third kappa shape index (κ3) is 9.87. The number of nitrogens with zero attached hydrogens (tertiary/aromatic N) is 1. The Morgan fingerprint density at radius 1 is 0.848 bits per heavy atom. The summed E-state index contributed by atoms with van der Waals surface area (Å²) >= 11 is 0. The van der Waals surface area contributed by atoms with E-state index >= 15 is 0 Å². The molecule has 9 heteroatoms. The highest BCUT2D eigenvalue weighted by molar-refractivity contribution is 5.83. The van der Waals surface area contributed by atoms with Gasteiger partial charge in [-0.25, -0.2) is 9.59 Å². The van der Waals surface area contributed by atoms with Crippen molar-refractivity contribution in [2.75, 3.05) is 26.7 Å². The van der Waals surface area contributed by atoms with Gasteiger partial charge in [0.2, 0.25) is 0 Å². The lowest BCUT2D eigenvalue weighted by atomic mass is 9.99. The van der Waals surface area contributed by atoms with E-state index < -0.39 is 24.3 Å². The summed E-state index contributed by atoms with van der Waals surface area (Å²) in [6.45, 7) is 3.37. The van der Waals surface area contributed by atoms with Gasteiger partial charge in [0.05, 0.1) is 25.9 Å². The fraction of sp³-hybridized carbons (Fsp3) is 0.459. The number of aliphatic hydroxyl groups is 1. The molecule has 2 fully saturated rings. The minimum atomic E-state index is -0.796. The Kier molecular flexibility index (Phi) is 12.6. The number of likely N-dealkylation sites (tertiary alicyclic amines) is 1. The van der Waals surface area contributed by atoms with Crippen molar-refractivity contribution < 1.29 is 28.9 Å². The molecule has 246 valence electrons. The number of ether oxygens (including phenoxy) is 3. The zero-order valence-corrected chi connectivity index (χ0v) is 26.7. The Morgan fingerprint density at radius 2 is 1.50 bits per heavy atom. The van der Waals surface area contributed by atoms with Crippen LogP contribution in [0.25, 0.3) is 0 Å². The van der Waals surface area contributed by atoms with Crippen molar-refractivity contribution in [2.24, 2.45) is 0 Å². The minimum Gasteiger partial charge on any atom is -0.467 e. The van der Waals surface area contributed by atoms with Gasteiger partial charge in [-0.15, -0.1) is 0 Å². The van der Waals surface area contributed by atoms with Crippen LogP contribution < -0.4 is 10.6 Å². The summed E-state index contributed by atoms with van der Waals surface area (Å²) in [5.41, 5.74) is 4.69. The topological polar surface area (TPSA) is 109 Å². The number of esters is 1. The van der Waals surface area contributed by atoms with Crippen LogP contribution in [0.3, 0.4) is 0 Å². The average Bonchev–Trinajstić information content (AvgIpc) is 3.08. The van der Waals surface area contributed by atoms with Gasteiger partial charge in [0.25, 0.3) is 0 Å². The van der Waals surface area contributed by atoms with E-state index in [1.807, 2.05) is 78.9 Å². The number of amides is 2. The van der Waals surface area contributed by atoms with Crippen LogP contribution in [0, 0.1) is 0 Å². The number of rotatable bonds is 11. The molecule has 0 saturated carbocycles. The fourth-order valence-electron chi connectivity index (χ4n) is 6.19. The van der Waals surface area contributed by atoms with E-state index in [2.05, 4.69) is 15.5 Å². The summed E-state index contributed by atoms with van der Waals surface area (Å²) in [5.74, 6) is -0.497. The van der Waals surface area contributed by atoms with Crippen LogP contribution in [-0.4, -0.2) is 60.9 Å². The standard InChI is InChI=1S/C37H47N3O6/c1-44-35(42)33(22-27-10-6-5-7-11-27)39-37(43)38-24-28-12-18-31(19-13-28)36-45-32(25-40-20-8-3-2-4-9-21-40)23-34(46-36)30-16-14-29(26-41)15-17-30/h5-7,10-19,32-34,36,41H,2-4,8-9,20-26H2,1H3,(H2,38,39,43)/t32-,33-,34+,36+/m0/s1. The van der Waals surface area contributed by atoms with E-state index in [1.165, 1.54) is 39.2 Å². The predicted octanol–water partition coefficient (Wildman–Crippen LogP) is 5.57. The van der Waals surface area contributed by atoms with Crippen molar-refractivity contribution in [3.8, 4) is 0 Å². The molecule has 2 aliphatic rings. The van der Waals surface area contributed by atoms with E-state index in [0.29, 0.717) is 6.42 Å². The Balaban J connectivity index is 1.21. The average molecular weight is 630 g/mol. The lowest BCUT2D eigenvalue weighted by Crippen LogP contribution is -2.47. The van der Waals surface area contributed by atoms with Gasteiger partial charge in [0, 0.05) is 31.5 Å². The lowest BCUT2D eigenvalue weighted by Gasteiger charge is -2.38. The van der Waals surface area contributed by atoms with Gasteiger partial charge in [-0.2, -0.15) is 0 Å². The first-order valence-corrected chi connectivity index (χ1v) is 16.5. The van der Waals surface area contributed by atoms with E-state index in [1.54, 1.807) is 0 Å². The fourth-order valence-corrected chi connectivity index (χ4v) is 6.19. The van der Waals surface area contributed by atoms with Crippen LogP contribution in [0.2, 0.25) is 0 Å². The molecule has 2 amide bonds. The number of aliphatic hydroxyl groups excluding tert-OH is 1. The highest BCUT2D eigenvalue weighted by atomic mass is 16.7. The van der Waals surface area contributed by atoms with Crippen LogP contribution in [0.5, 0.6) is 0 Å². The van der Waals surface area contributed by atoms with Crippen LogP contribution in [-0.2, 0) is 38.6 Å². The van der Waals surface area contributed by atoms with Gasteiger partial charge in [-0.05, 0) is 48.2 Å². The van der Waals surface area contributed by atoms with Crippen molar-refractivity contribution >= 4 is 12.0 Å². The molecular formula is C37H47N3O6. The summed E-state index contributed by atoms with van der Waals surface area (Å²) in [7, 11) is 1.31. The molecule has 3 aromatic carbocycles. The molecule has 0 aliphatic carbocycles. The van der Waals surface area contributed by atoms with E-state index in [0.717, 1.165) is 53.9 Å². The van der Waals surface area contributed by atoms with Crippen molar-refractivity contribution in [3.63, 3.8) is 0 Å². The van der Waals surface area contributed by atoms with E-state index in [9.17, 15) is 14.7 Å². The lowest BCUT2D eigenvalue weighted by molar-refractivity contribution is -0.253. The zero-order valence-electron chi connectivity index (χ0n) is 26.7. The summed E-state index contributed by atoms with van der Waals surface area (Å²) in [6.07, 6.45) is 6.81. The Hall–Kier alpha value is -3.76. The third-order valence-electron chi connectivity index (χ3n) is 8.80. The van der Waals surface area contributed by atoms with Gasteiger partial charge >= 0.3 is 12.0 Å². The molecule has 0 bridgehead atoms. The molecule has 0 aromatic heterocycles.